The van der Waals surface area contributed by atoms with Crippen molar-refractivity contribution in [2.45, 2.75) is 38.8 Å². The van der Waals surface area contributed by atoms with Crippen LogP contribution in [0.4, 0.5) is 4.79 Å². The Morgan fingerprint density at radius 1 is 1.33 bits per heavy atom. The molecule has 2 N–H and O–H groups in total. The normalized spacial score (nSPS) is 14.6. The Morgan fingerprint density at radius 2 is 1.80 bits per heavy atom. The third kappa shape index (κ3) is 4.36. The fraction of sp³-hybridized carbons (Fsp3) is 0.600. The predicted octanol–water partition coefficient (Wildman–Crippen LogP) is 0.988. The van der Waals surface area contributed by atoms with Crippen LogP contribution in [0, 0.1) is 12.3 Å². The Kier molecular flexibility index (Phi) is 3.74. The summed E-state index contributed by atoms with van der Waals surface area (Å²) >= 11 is 0. The van der Waals surface area contributed by atoms with Gasteiger partial charge in [-0.2, -0.15) is 0 Å². The number of alkyl carbamates (subject to hydrolysis) is 1. The number of carboxylic acid groups (broad SMARTS) is 1. The van der Waals surface area contributed by atoms with E-state index in [1.807, 2.05) is 5.92 Å². The molecule has 0 bridgehead atoms. The number of amides is 1. The second-order valence-electron chi connectivity index (χ2n) is 4.20. The standard InChI is InChI=1S/C10H15NO4/c1-6-10(5,7(12)13)11-8(14)15-9(2,3)4/h1H,2-5H3,(H,11,14)(H,12,13). The summed E-state index contributed by atoms with van der Waals surface area (Å²) in [5, 5.41) is 10.9. The molecule has 0 saturated heterocycles. The van der Waals surface area contributed by atoms with Gasteiger partial charge < -0.3 is 9.84 Å². The van der Waals surface area contributed by atoms with Gasteiger partial charge in [-0.25, -0.2) is 9.59 Å². The molecule has 0 aliphatic carbocycles. The molecule has 0 aromatic heterocycles. The van der Waals surface area contributed by atoms with Gasteiger partial charge >= 0.3 is 12.1 Å². The minimum absolute atomic E-state index is 0.696. The smallest absolute Gasteiger partial charge is 0.409 e. The average molecular weight is 213 g/mol. The summed E-state index contributed by atoms with van der Waals surface area (Å²) in [6.07, 6.45) is 4.16. The molecular formula is C10H15NO4. The van der Waals surface area contributed by atoms with Crippen LogP contribution >= 0.6 is 0 Å². The van der Waals surface area contributed by atoms with Crippen LogP contribution in [0.5, 0.6) is 0 Å². The van der Waals surface area contributed by atoms with E-state index in [1.54, 1.807) is 20.8 Å². The van der Waals surface area contributed by atoms with Gasteiger partial charge in [0.2, 0.25) is 0 Å². The van der Waals surface area contributed by atoms with Gasteiger partial charge in [-0.1, -0.05) is 5.92 Å². The lowest BCUT2D eigenvalue weighted by Crippen LogP contribution is -2.52. The lowest BCUT2D eigenvalue weighted by molar-refractivity contribution is -0.141. The quantitative estimate of drug-likeness (QED) is 0.670. The highest BCUT2D eigenvalue weighted by Gasteiger charge is 2.34. The highest BCUT2D eigenvalue weighted by molar-refractivity contribution is 5.87. The number of aliphatic carboxylic acids is 1. The average Bonchev–Trinajstić information content (AvgIpc) is 1.99. The van der Waals surface area contributed by atoms with E-state index < -0.39 is 23.2 Å². The van der Waals surface area contributed by atoms with E-state index in [0.29, 0.717) is 0 Å². The first-order valence-corrected chi connectivity index (χ1v) is 4.33. The van der Waals surface area contributed by atoms with E-state index in [4.69, 9.17) is 16.3 Å². The maximum Gasteiger partial charge on any atom is 0.409 e. The first-order valence-electron chi connectivity index (χ1n) is 4.33. The number of carbonyl (C=O) groups is 2. The van der Waals surface area contributed by atoms with Crippen LogP contribution in [0.1, 0.15) is 27.7 Å². The Balaban J connectivity index is 4.55. The highest BCUT2D eigenvalue weighted by atomic mass is 16.6. The van der Waals surface area contributed by atoms with Crippen LogP contribution in [0.15, 0.2) is 0 Å². The van der Waals surface area contributed by atoms with E-state index in [9.17, 15) is 9.59 Å². The van der Waals surface area contributed by atoms with E-state index in [-0.39, 0.29) is 0 Å². The van der Waals surface area contributed by atoms with E-state index in [2.05, 4.69) is 5.32 Å². The van der Waals surface area contributed by atoms with Crippen LogP contribution < -0.4 is 5.32 Å². The minimum Gasteiger partial charge on any atom is -0.479 e. The lowest BCUT2D eigenvalue weighted by atomic mass is 10.1. The molecular weight excluding hydrogens is 198 g/mol. The van der Waals surface area contributed by atoms with Crippen molar-refractivity contribution >= 4 is 12.1 Å². The van der Waals surface area contributed by atoms with Gasteiger partial charge in [0.25, 0.3) is 0 Å². The van der Waals surface area contributed by atoms with Crippen molar-refractivity contribution in [3.05, 3.63) is 0 Å². The molecule has 1 unspecified atom stereocenters. The minimum atomic E-state index is -1.75. The van der Waals surface area contributed by atoms with Gasteiger partial charge in [0, 0.05) is 0 Å². The van der Waals surface area contributed by atoms with Gasteiger partial charge in [0.15, 0.2) is 5.54 Å². The van der Waals surface area contributed by atoms with Crippen LogP contribution in [-0.4, -0.2) is 28.3 Å². The predicted molar refractivity (Wildman–Crippen MR) is 54.2 cm³/mol. The maximum absolute atomic E-state index is 11.2. The van der Waals surface area contributed by atoms with Gasteiger partial charge in [0.1, 0.15) is 5.60 Å². The molecule has 0 saturated carbocycles. The van der Waals surface area contributed by atoms with Gasteiger partial charge in [0.05, 0.1) is 0 Å². The molecule has 15 heavy (non-hydrogen) atoms. The van der Waals surface area contributed by atoms with Gasteiger partial charge in [-0.3, -0.25) is 5.32 Å². The molecule has 0 aliphatic rings. The number of carboxylic acids is 1. The zero-order valence-electron chi connectivity index (χ0n) is 9.25. The number of nitrogens with one attached hydrogen (secondary N) is 1. The zero-order valence-corrected chi connectivity index (χ0v) is 9.25. The van der Waals surface area contributed by atoms with Crippen molar-refractivity contribution in [1.29, 1.82) is 0 Å². The highest BCUT2D eigenvalue weighted by Crippen LogP contribution is 2.09. The molecule has 0 fully saturated rings. The van der Waals surface area contributed by atoms with Crippen molar-refractivity contribution in [3.8, 4) is 12.3 Å². The lowest BCUT2D eigenvalue weighted by Gasteiger charge is -2.24. The Labute approximate surface area is 88.8 Å². The molecule has 0 aliphatic heterocycles. The molecule has 0 aromatic rings. The van der Waals surface area contributed by atoms with Crippen LogP contribution in [0.2, 0.25) is 0 Å². The number of ether oxygens (including phenoxy) is 1. The summed E-state index contributed by atoms with van der Waals surface area (Å²) in [7, 11) is 0. The summed E-state index contributed by atoms with van der Waals surface area (Å²) < 4.78 is 4.88. The zero-order chi connectivity index (χ0) is 12.3. The molecule has 0 heterocycles. The van der Waals surface area contributed by atoms with E-state index in [0.717, 1.165) is 0 Å². The molecule has 84 valence electrons. The summed E-state index contributed by atoms with van der Waals surface area (Å²) in [6.45, 7) is 6.21. The van der Waals surface area contributed by atoms with Crippen LogP contribution in [0.25, 0.3) is 0 Å². The third-order valence-electron chi connectivity index (χ3n) is 1.47. The third-order valence-corrected chi connectivity index (χ3v) is 1.47. The fourth-order valence-corrected chi connectivity index (χ4v) is 0.659. The molecule has 0 aromatic carbocycles. The molecule has 0 spiro atoms. The number of rotatable bonds is 2. The summed E-state index contributed by atoms with van der Waals surface area (Å²) in [6, 6.07) is 0. The summed E-state index contributed by atoms with van der Waals surface area (Å²) in [4.78, 5) is 22.0. The van der Waals surface area contributed by atoms with E-state index >= 15 is 0 Å². The second kappa shape index (κ2) is 4.22. The van der Waals surface area contributed by atoms with Crippen molar-refractivity contribution in [2.24, 2.45) is 0 Å². The molecule has 0 radical (unpaired) electrons. The molecule has 1 amide bonds. The van der Waals surface area contributed by atoms with Crippen LogP contribution in [0.3, 0.4) is 0 Å². The van der Waals surface area contributed by atoms with Crippen molar-refractivity contribution < 1.29 is 19.4 Å². The number of hydrogen-bond donors (Lipinski definition) is 2. The van der Waals surface area contributed by atoms with Gasteiger partial charge in [-0.05, 0) is 27.7 Å². The van der Waals surface area contributed by atoms with E-state index in [1.165, 1.54) is 6.92 Å². The monoisotopic (exact) mass is 213 g/mol. The molecule has 5 nitrogen and oxygen atoms in total. The SMILES string of the molecule is C#CC(C)(NC(=O)OC(C)(C)C)C(=O)O. The Bertz CT molecular complexity index is 310. The summed E-state index contributed by atoms with van der Waals surface area (Å²) in [5.41, 5.74) is -2.44. The topological polar surface area (TPSA) is 75.6 Å². The van der Waals surface area contributed by atoms with Crippen molar-refractivity contribution in [2.75, 3.05) is 0 Å². The van der Waals surface area contributed by atoms with Crippen LogP contribution in [-0.2, 0) is 9.53 Å². The Hall–Kier alpha value is -1.70. The number of terminal acetylenes is 1. The van der Waals surface area contributed by atoms with Crippen molar-refractivity contribution in [3.63, 3.8) is 0 Å². The Morgan fingerprint density at radius 3 is 2.07 bits per heavy atom. The van der Waals surface area contributed by atoms with Gasteiger partial charge in [-0.15, -0.1) is 6.42 Å². The molecule has 5 heteroatoms. The first kappa shape index (κ1) is 13.3. The second-order valence-corrected chi connectivity index (χ2v) is 4.20. The summed E-state index contributed by atoms with van der Waals surface area (Å²) in [5.74, 6) is 0.674. The number of carbonyl (C=O) groups excluding carboxylic acids is 1. The number of hydrogen-bond acceptors (Lipinski definition) is 3. The fourth-order valence-electron chi connectivity index (χ4n) is 0.659. The van der Waals surface area contributed by atoms with Crippen molar-refractivity contribution in [1.82, 2.24) is 5.32 Å². The first-order chi connectivity index (χ1) is 6.60. The maximum atomic E-state index is 11.2. The molecule has 1 atom stereocenters. The largest absolute Gasteiger partial charge is 0.479 e. The molecule has 0 rings (SSSR count).